The molecule has 26 heavy (non-hydrogen) atoms. The van der Waals surface area contributed by atoms with Crippen LogP contribution in [0.25, 0.3) is 0 Å². The highest BCUT2D eigenvalue weighted by Gasteiger charge is 2.29. The molecular weight excluding hydrogens is 374 g/mol. The van der Waals surface area contributed by atoms with Crippen LogP contribution in [0.2, 0.25) is 0 Å². The average Bonchev–Trinajstić information content (AvgIpc) is 3.08. The number of thiazole rings is 1. The second-order valence-electron chi connectivity index (χ2n) is 6.28. The molecule has 3 rings (SSSR count). The second kappa shape index (κ2) is 7.83. The van der Waals surface area contributed by atoms with Crippen molar-refractivity contribution in [3.63, 3.8) is 0 Å². The minimum Gasteiger partial charge on any atom is -0.396 e. The molecule has 1 fully saturated rings. The van der Waals surface area contributed by atoms with Gasteiger partial charge in [0.15, 0.2) is 0 Å². The number of carbonyl (C=O) groups excluding carboxylic acids is 1. The number of aliphatic hydroxyl groups excluding tert-OH is 1. The maximum absolute atomic E-state index is 12.8. The number of aromatic nitrogens is 1. The Kier molecular flexibility index (Phi) is 5.71. The minimum absolute atomic E-state index is 0.0897. The van der Waals surface area contributed by atoms with Gasteiger partial charge in [0.25, 0.3) is 5.91 Å². The summed E-state index contributed by atoms with van der Waals surface area (Å²) in [5, 5.41) is 11.9. The topological polar surface area (TPSA) is 99.6 Å². The van der Waals surface area contributed by atoms with Gasteiger partial charge in [-0.3, -0.25) is 4.79 Å². The number of amides is 1. The molecule has 2 N–H and O–H groups in total. The number of nitrogens with one attached hydrogen (secondary N) is 1. The van der Waals surface area contributed by atoms with E-state index >= 15 is 0 Å². The standard InChI is InChI=1S/C17H21N3O4S2/c1-12-16(25-11-18-12)17(22)19-14-3-2-4-15(9-14)26(23,24)20-7-5-13(10-21)6-8-20/h2-4,9,11,13,21H,5-8,10H2,1H3,(H,19,22). The molecule has 0 radical (unpaired) electrons. The molecule has 0 unspecified atom stereocenters. The molecule has 1 amide bonds. The summed E-state index contributed by atoms with van der Waals surface area (Å²) < 4.78 is 27.1. The second-order valence-corrected chi connectivity index (χ2v) is 9.07. The van der Waals surface area contributed by atoms with E-state index in [-0.39, 0.29) is 23.3 Å². The van der Waals surface area contributed by atoms with E-state index in [2.05, 4.69) is 10.3 Å². The molecule has 1 aromatic heterocycles. The normalized spacial score (nSPS) is 16.5. The summed E-state index contributed by atoms with van der Waals surface area (Å²) in [4.78, 5) is 17.0. The van der Waals surface area contributed by atoms with Gasteiger partial charge in [-0.2, -0.15) is 4.31 Å². The Labute approximate surface area is 156 Å². The molecule has 7 nitrogen and oxygen atoms in total. The van der Waals surface area contributed by atoms with Crippen molar-refractivity contribution in [2.45, 2.75) is 24.7 Å². The van der Waals surface area contributed by atoms with Gasteiger partial charge < -0.3 is 10.4 Å². The number of rotatable bonds is 5. The molecule has 2 aromatic rings. The third kappa shape index (κ3) is 3.96. The van der Waals surface area contributed by atoms with E-state index in [9.17, 15) is 18.3 Å². The molecule has 9 heteroatoms. The van der Waals surface area contributed by atoms with Gasteiger partial charge in [0.1, 0.15) is 4.88 Å². The van der Waals surface area contributed by atoms with Crippen LogP contribution >= 0.6 is 11.3 Å². The van der Waals surface area contributed by atoms with Crippen LogP contribution in [-0.4, -0.2) is 48.4 Å². The quantitative estimate of drug-likeness (QED) is 0.808. The third-order valence-electron chi connectivity index (χ3n) is 4.51. The van der Waals surface area contributed by atoms with E-state index in [1.807, 2.05) is 0 Å². The summed E-state index contributed by atoms with van der Waals surface area (Å²) in [5.41, 5.74) is 2.67. The zero-order valence-electron chi connectivity index (χ0n) is 14.4. The Bertz CT molecular complexity index is 887. The van der Waals surface area contributed by atoms with Gasteiger partial charge in [-0.25, -0.2) is 13.4 Å². The van der Waals surface area contributed by atoms with Crippen molar-refractivity contribution < 1.29 is 18.3 Å². The van der Waals surface area contributed by atoms with Crippen LogP contribution in [0.3, 0.4) is 0 Å². The maximum Gasteiger partial charge on any atom is 0.267 e. The van der Waals surface area contributed by atoms with Gasteiger partial charge in [0.05, 0.1) is 16.1 Å². The zero-order valence-corrected chi connectivity index (χ0v) is 16.0. The van der Waals surface area contributed by atoms with Gasteiger partial charge in [-0.05, 0) is 43.9 Å². The van der Waals surface area contributed by atoms with E-state index in [0.29, 0.717) is 42.2 Å². The smallest absolute Gasteiger partial charge is 0.267 e. The molecular formula is C17H21N3O4S2. The first kappa shape index (κ1) is 19.0. The monoisotopic (exact) mass is 395 g/mol. The molecule has 1 aromatic carbocycles. The van der Waals surface area contributed by atoms with E-state index in [1.165, 1.54) is 27.8 Å². The zero-order chi connectivity index (χ0) is 18.7. The van der Waals surface area contributed by atoms with E-state index in [1.54, 1.807) is 24.6 Å². The number of hydrogen-bond acceptors (Lipinski definition) is 6. The van der Waals surface area contributed by atoms with Crippen molar-refractivity contribution in [2.24, 2.45) is 5.92 Å². The molecule has 1 saturated heterocycles. The first-order valence-electron chi connectivity index (χ1n) is 8.34. The van der Waals surface area contributed by atoms with Crippen LogP contribution < -0.4 is 5.32 Å². The lowest BCUT2D eigenvalue weighted by Gasteiger charge is -2.30. The Balaban J connectivity index is 1.76. The fraction of sp³-hybridized carbons (Fsp3) is 0.412. The molecule has 0 aliphatic carbocycles. The van der Waals surface area contributed by atoms with Gasteiger partial charge >= 0.3 is 0 Å². The van der Waals surface area contributed by atoms with Crippen LogP contribution in [0.5, 0.6) is 0 Å². The highest BCUT2D eigenvalue weighted by Crippen LogP contribution is 2.25. The van der Waals surface area contributed by atoms with Crippen LogP contribution in [0.4, 0.5) is 5.69 Å². The average molecular weight is 396 g/mol. The Morgan fingerprint density at radius 1 is 1.38 bits per heavy atom. The summed E-state index contributed by atoms with van der Waals surface area (Å²) in [6.45, 7) is 2.63. The SMILES string of the molecule is Cc1ncsc1C(=O)Nc1cccc(S(=O)(=O)N2CCC(CO)CC2)c1. The molecule has 0 bridgehead atoms. The number of nitrogens with zero attached hydrogens (tertiary/aromatic N) is 2. The van der Waals surface area contributed by atoms with Crippen LogP contribution in [-0.2, 0) is 10.0 Å². The summed E-state index contributed by atoms with van der Waals surface area (Å²) in [5.74, 6) is -0.141. The van der Waals surface area contributed by atoms with Crippen molar-refractivity contribution in [1.29, 1.82) is 0 Å². The van der Waals surface area contributed by atoms with Crippen molar-refractivity contribution in [3.8, 4) is 0 Å². The fourth-order valence-corrected chi connectivity index (χ4v) is 5.14. The van der Waals surface area contributed by atoms with Crippen LogP contribution in [0.1, 0.15) is 28.2 Å². The number of aliphatic hydroxyl groups is 1. The van der Waals surface area contributed by atoms with Crippen molar-refractivity contribution in [3.05, 3.63) is 40.3 Å². The number of benzene rings is 1. The number of aryl methyl sites for hydroxylation is 1. The highest BCUT2D eigenvalue weighted by atomic mass is 32.2. The summed E-state index contributed by atoms with van der Waals surface area (Å²) >= 11 is 1.24. The molecule has 140 valence electrons. The predicted octanol–water partition coefficient (Wildman–Crippen LogP) is 2.10. The largest absolute Gasteiger partial charge is 0.396 e. The van der Waals surface area contributed by atoms with Gasteiger partial charge in [0.2, 0.25) is 10.0 Å². The summed E-state index contributed by atoms with van der Waals surface area (Å²) in [7, 11) is -3.62. The van der Waals surface area contributed by atoms with Crippen LogP contribution in [0, 0.1) is 12.8 Å². The van der Waals surface area contributed by atoms with Gasteiger partial charge in [0, 0.05) is 25.4 Å². The summed E-state index contributed by atoms with van der Waals surface area (Å²) in [6.07, 6.45) is 1.30. The van der Waals surface area contributed by atoms with Crippen molar-refractivity contribution >= 4 is 33.0 Å². The lowest BCUT2D eigenvalue weighted by atomic mass is 10.00. The van der Waals surface area contributed by atoms with Crippen LogP contribution in [0.15, 0.2) is 34.7 Å². The Morgan fingerprint density at radius 2 is 2.12 bits per heavy atom. The highest BCUT2D eigenvalue weighted by molar-refractivity contribution is 7.89. The Morgan fingerprint density at radius 3 is 2.73 bits per heavy atom. The molecule has 0 spiro atoms. The first-order chi connectivity index (χ1) is 12.4. The molecule has 2 heterocycles. The Hall–Kier alpha value is -1.81. The number of anilines is 1. The first-order valence-corrected chi connectivity index (χ1v) is 10.7. The van der Waals surface area contributed by atoms with E-state index < -0.39 is 10.0 Å². The number of sulfonamides is 1. The lowest BCUT2D eigenvalue weighted by Crippen LogP contribution is -2.39. The number of hydrogen-bond donors (Lipinski definition) is 2. The number of piperidine rings is 1. The van der Waals surface area contributed by atoms with Gasteiger partial charge in [-0.15, -0.1) is 11.3 Å². The third-order valence-corrected chi connectivity index (χ3v) is 7.34. The predicted molar refractivity (Wildman–Crippen MR) is 99.8 cm³/mol. The molecule has 0 atom stereocenters. The lowest BCUT2D eigenvalue weighted by molar-refractivity contribution is 0.102. The maximum atomic E-state index is 12.8. The minimum atomic E-state index is -3.62. The molecule has 1 aliphatic heterocycles. The molecule has 0 saturated carbocycles. The fourth-order valence-electron chi connectivity index (χ4n) is 2.92. The van der Waals surface area contributed by atoms with Crippen molar-refractivity contribution in [1.82, 2.24) is 9.29 Å². The van der Waals surface area contributed by atoms with Gasteiger partial charge in [-0.1, -0.05) is 6.07 Å². The summed E-state index contributed by atoms with van der Waals surface area (Å²) in [6, 6.07) is 6.27. The number of carbonyl (C=O) groups is 1. The van der Waals surface area contributed by atoms with E-state index in [0.717, 1.165) is 0 Å². The van der Waals surface area contributed by atoms with Crippen molar-refractivity contribution in [2.75, 3.05) is 25.0 Å². The van der Waals surface area contributed by atoms with E-state index in [4.69, 9.17) is 0 Å². The molecule has 1 aliphatic rings.